The van der Waals surface area contributed by atoms with Gasteiger partial charge in [0.05, 0.1) is 12.7 Å². The van der Waals surface area contributed by atoms with Crippen molar-refractivity contribution >= 4 is 11.6 Å². The smallest absolute Gasteiger partial charge is 0.232 e. The Kier molecular flexibility index (Phi) is 5.55. The molecule has 0 aliphatic heterocycles. The molecule has 0 heterocycles. The van der Waals surface area contributed by atoms with E-state index in [4.69, 9.17) is 25.5 Å². The van der Waals surface area contributed by atoms with Crippen molar-refractivity contribution in [2.45, 2.75) is 31.3 Å². The van der Waals surface area contributed by atoms with Crippen molar-refractivity contribution < 1.29 is 35.1 Å². The van der Waals surface area contributed by atoms with E-state index in [1.165, 1.54) is 0 Å². The first-order valence-electron chi connectivity index (χ1n) is 4.24. The van der Waals surface area contributed by atoms with Crippen LogP contribution >= 0.6 is 0 Å². The second-order valence-electron chi connectivity index (χ2n) is 3.11. The summed E-state index contributed by atoms with van der Waals surface area (Å²) >= 11 is 0. The van der Waals surface area contributed by atoms with Crippen LogP contribution in [-0.4, -0.2) is 68.1 Å². The van der Waals surface area contributed by atoms with E-state index < -0.39 is 42.6 Å². The minimum absolute atomic E-state index is 0.898. The molecule has 4 atom stereocenters. The summed E-state index contributed by atoms with van der Waals surface area (Å²) in [5, 5.41) is 44.1. The lowest BCUT2D eigenvalue weighted by Gasteiger charge is -2.16. The first-order valence-corrected chi connectivity index (χ1v) is 4.24. The van der Waals surface area contributed by atoms with Crippen molar-refractivity contribution in [1.29, 1.82) is 0 Å². The van der Waals surface area contributed by atoms with Gasteiger partial charge >= 0.3 is 0 Å². The average molecular weight is 222 g/mol. The molecular weight excluding hydrogens is 208 g/mol. The SMILES string of the molecule is CC(O)C(O)C(=O)C(=O)[C@H](O)[C@@H](O)CO. The van der Waals surface area contributed by atoms with Gasteiger partial charge < -0.3 is 25.5 Å². The van der Waals surface area contributed by atoms with Crippen molar-refractivity contribution in [2.24, 2.45) is 0 Å². The summed E-state index contributed by atoms with van der Waals surface area (Å²) in [7, 11) is 0. The highest BCUT2D eigenvalue weighted by atomic mass is 16.4. The quantitative estimate of drug-likeness (QED) is 0.295. The number of hydrogen-bond donors (Lipinski definition) is 5. The zero-order valence-corrected chi connectivity index (χ0v) is 8.07. The van der Waals surface area contributed by atoms with Crippen LogP contribution in [0.5, 0.6) is 0 Å². The van der Waals surface area contributed by atoms with E-state index in [1.807, 2.05) is 0 Å². The second kappa shape index (κ2) is 5.89. The van der Waals surface area contributed by atoms with Crippen LogP contribution in [0.4, 0.5) is 0 Å². The summed E-state index contributed by atoms with van der Waals surface area (Å²) in [6.07, 6.45) is -7.29. The zero-order chi connectivity index (χ0) is 12.2. The molecule has 2 unspecified atom stereocenters. The molecule has 15 heavy (non-hydrogen) atoms. The molecule has 7 heteroatoms. The lowest BCUT2D eigenvalue weighted by atomic mass is 10.0. The zero-order valence-electron chi connectivity index (χ0n) is 8.07. The molecule has 7 nitrogen and oxygen atoms in total. The van der Waals surface area contributed by atoms with E-state index in [0.717, 1.165) is 6.92 Å². The van der Waals surface area contributed by atoms with Gasteiger partial charge in [0.1, 0.15) is 18.3 Å². The second-order valence-corrected chi connectivity index (χ2v) is 3.11. The third-order valence-corrected chi connectivity index (χ3v) is 1.79. The van der Waals surface area contributed by atoms with Crippen molar-refractivity contribution in [3.8, 4) is 0 Å². The molecule has 0 fully saturated rings. The number of aliphatic hydroxyl groups is 5. The maximum absolute atomic E-state index is 11.0. The van der Waals surface area contributed by atoms with E-state index in [2.05, 4.69) is 0 Å². The summed E-state index contributed by atoms with van der Waals surface area (Å²) in [5.41, 5.74) is 0. The molecule has 0 spiro atoms. The lowest BCUT2D eigenvalue weighted by Crippen LogP contribution is -2.46. The fourth-order valence-electron chi connectivity index (χ4n) is 0.785. The Bertz CT molecular complexity index is 237. The Morgan fingerprint density at radius 2 is 1.40 bits per heavy atom. The third-order valence-electron chi connectivity index (χ3n) is 1.79. The summed E-state index contributed by atoms with van der Waals surface area (Å²) in [6, 6.07) is 0. The van der Waals surface area contributed by atoms with Crippen LogP contribution < -0.4 is 0 Å². The Morgan fingerprint density at radius 1 is 1.00 bits per heavy atom. The van der Waals surface area contributed by atoms with E-state index in [-0.39, 0.29) is 0 Å². The third kappa shape index (κ3) is 3.65. The number of carbonyl (C=O) groups excluding carboxylic acids is 2. The van der Waals surface area contributed by atoms with E-state index >= 15 is 0 Å². The predicted molar refractivity (Wildman–Crippen MR) is 46.8 cm³/mol. The lowest BCUT2D eigenvalue weighted by molar-refractivity contribution is -0.153. The monoisotopic (exact) mass is 222 g/mol. The number of aliphatic hydroxyl groups excluding tert-OH is 5. The Labute approximate surface area is 85.6 Å². The molecule has 0 aromatic carbocycles. The van der Waals surface area contributed by atoms with Gasteiger partial charge in [-0.05, 0) is 6.92 Å². The summed E-state index contributed by atoms with van der Waals surface area (Å²) < 4.78 is 0. The van der Waals surface area contributed by atoms with Crippen LogP contribution in [0.3, 0.4) is 0 Å². The highest BCUT2D eigenvalue weighted by molar-refractivity contribution is 6.40. The molecule has 0 bridgehead atoms. The van der Waals surface area contributed by atoms with Crippen molar-refractivity contribution in [1.82, 2.24) is 0 Å². The van der Waals surface area contributed by atoms with Gasteiger partial charge in [-0.25, -0.2) is 0 Å². The van der Waals surface area contributed by atoms with Gasteiger partial charge in [0.25, 0.3) is 0 Å². The molecule has 5 N–H and O–H groups in total. The number of ketones is 2. The molecular formula is C8H14O7. The van der Waals surface area contributed by atoms with Crippen LogP contribution in [0.2, 0.25) is 0 Å². The van der Waals surface area contributed by atoms with Crippen molar-refractivity contribution in [3.63, 3.8) is 0 Å². The molecule has 0 aromatic heterocycles. The first kappa shape index (κ1) is 14.1. The number of rotatable bonds is 6. The van der Waals surface area contributed by atoms with Crippen LogP contribution in [0, 0.1) is 0 Å². The van der Waals surface area contributed by atoms with Gasteiger partial charge in [-0.15, -0.1) is 0 Å². The highest BCUT2D eigenvalue weighted by Gasteiger charge is 2.34. The van der Waals surface area contributed by atoms with E-state index in [0.29, 0.717) is 0 Å². The minimum atomic E-state index is -2.10. The Balaban J connectivity index is 4.51. The fourth-order valence-corrected chi connectivity index (χ4v) is 0.785. The van der Waals surface area contributed by atoms with Gasteiger partial charge in [-0.2, -0.15) is 0 Å². The molecule has 0 amide bonds. The molecule has 0 saturated carbocycles. The first-order chi connectivity index (χ1) is 6.82. The van der Waals surface area contributed by atoms with Crippen LogP contribution in [0.15, 0.2) is 0 Å². The number of hydrogen-bond acceptors (Lipinski definition) is 7. The molecule has 0 rings (SSSR count). The maximum Gasteiger partial charge on any atom is 0.232 e. The summed E-state index contributed by atoms with van der Waals surface area (Å²) in [5.74, 6) is -2.87. The van der Waals surface area contributed by atoms with Crippen LogP contribution in [0.25, 0.3) is 0 Å². The predicted octanol–water partition coefficient (Wildman–Crippen LogP) is -3.42. The van der Waals surface area contributed by atoms with Crippen molar-refractivity contribution in [3.05, 3.63) is 0 Å². The number of Topliss-reactive ketones (excluding diaryl/α,β-unsaturated/α-hetero) is 2. The normalized spacial score (nSPS) is 19.1. The van der Waals surface area contributed by atoms with Crippen molar-refractivity contribution in [2.75, 3.05) is 6.61 Å². The van der Waals surface area contributed by atoms with Gasteiger partial charge in [-0.3, -0.25) is 9.59 Å². The Hall–Kier alpha value is -0.860. The molecule has 88 valence electrons. The number of carbonyl (C=O) groups is 2. The van der Waals surface area contributed by atoms with Gasteiger partial charge in [0.2, 0.25) is 11.6 Å². The topological polar surface area (TPSA) is 135 Å². The van der Waals surface area contributed by atoms with E-state index in [9.17, 15) is 9.59 Å². The van der Waals surface area contributed by atoms with Gasteiger partial charge in [0, 0.05) is 0 Å². The van der Waals surface area contributed by atoms with Crippen LogP contribution in [-0.2, 0) is 9.59 Å². The van der Waals surface area contributed by atoms with Gasteiger partial charge in [0.15, 0.2) is 0 Å². The van der Waals surface area contributed by atoms with Crippen LogP contribution in [0.1, 0.15) is 6.92 Å². The van der Waals surface area contributed by atoms with Gasteiger partial charge in [-0.1, -0.05) is 0 Å². The average Bonchev–Trinajstić information content (AvgIpc) is 2.23. The highest BCUT2D eigenvalue weighted by Crippen LogP contribution is 2.01. The molecule has 0 radical (unpaired) electrons. The molecule has 0 saturated heterocycles. The fraction of sp³-hybridized carbons (Fsp3) is 0.750. The van der Waals surface area contributed by atoms with E-state index in [1.54, 1.807) is 0 Å². The summed E-state index contributed by atoms with van der Waals surface area (Å²) in [6.45, 7) is 0.190. The minimum Gasteiger partial charge on any atom is -0.394 e. The molecule has 0 aliphatic rings. The molecule has 0 aliphatic carbocycles. The summed E-state index contributed by atoms with van der Waals surface area (Å²) in [4.78, 5) is 22.1. The standard InChI is InChI=1S/C8H14O7/c1-3(10)5(12)7(14)8(15)6(13)4(11)2-9/h3-6,9-13H,2H2,1H3/t3?,4-,5?,6+/m0/s1. The molecule has 0 aromatic rings. The largest absolute Gasteiger partial charge is 0.394 e. The maximum atomic E-state index is 11.0. The Morgan fingerprint density at radius 3 is 1.73 bits per heavy atom.